The highest BCUT2D eigenvalue weighted by molar-refractivity contribution is 7.09. The summed E-state index contributed by atoms with van der Waals surface area (Å²) in [5.41, 5.74) is 0. The molecule has 1 saturated carbocycles. The molecule has 1 atom stereocenters. The molecule has 2 nitrogen and oxygen atoms in total. The lowest BCUT2D eigenvalue weighted by Gasteiger charge is -2.14. The second-order valence-corrected chi connectivity index (χ2v) is 4.64. The molecule has 0 saturated heterocycles. The molecule has 1 aromatic rings. The van der Waals surface area contributed by atoms with Gasteiger partial charge in [-0.25, -0.2) is 4.98 Å². The van der Waals surface area contributed by atoms with Crippen LogP contribution < -0.4 is 5.32 Å². The number of rotatable bonds is 5. The molecule has 0 amide bonds. The van der Waals surface area contributed by atoms with E-state index in [2.05, 4.69) is 17.2 Å². The number of hydrogen-bond acceptors (Lipinski definition) is 3. The minimum Gasteiger partial charge on any atom is -0.307 e. The van der Waals surface area contributed by atoms with E-state index >= 15 is 0 Å². The van der Waals surface area contributed by atoms with E-state index < -0.39 is 0 Å². The van der Waals surface area contributed by atoms with Gasteiger partial charge in [0.05, 0.1) is 0 Å². The van der Waals surface area contributed by atoms with E-state index in [1.54, 1.807) is 11.3 Å². The van der Waals surface area contributed by atoms with Crippen LogP contribution in [0.2, 0.25) is 0 Å². The zero-order valence-electron chi connectivity index (χ0n) is 7.99. The lowest BCUT2D eigenvalue weighted by molar-refractivity contribution is 0.448. The number of thiazole rings is 1. The summed E-state index contributed by atoms with van der Waals surface area (Å²) in [5, 5.41) is 6.83. The number of aromatic nitrogens is 1. The summed E-state index contributed by atoms with van der Waals surface area (Å²) in [6.45, 7) is 3.21. The Labute approximate surface area is 83.4 Å². The van der Waals surface area contributed by atoms with Crippen LogP contribution >= 0.6 is 11.3 Å². The molecule has 1 aliphatic rings. The van der Waals surface area contributed by atoms with E-state index in [1.807, 2.05) is 11.6 Å². The first-order chi connectivity index (χ1) is 6.40. The molecule has 2 rings (SSSR count). The highest BCUT2D eigenvalue weighted by Gasteiger charge is 2.29. The third-order valence-corrected chi connectivity index (χ3v) is 3.41. The highest BCUT2D eigenvalue weighted by atomic mass is 32.1. The lowest BCUT2D eigenvalue weighted by Crippen LogP contribution is -2.29. The molecule has 1 heterocycles. The molecule has 1 fully saturated rings. The Morgan fingerprint density at radius 2 is 2.54 bits per heavy atom. The Morgan fingerprint density at radius 3 is 3.08 bits per heavy atom. The summed E-state index contributed by atoms with van der Waals surface area (Å²) >= 11 is 1.73. The van der Waals surface area contributed by atoms with E-state index in [9.17, 15) is 0 Å². The van der Waals surface area contributed by atoms with Crippen LogP contribution in [0.5, 0.6) is 0 Å². The molecule has 0 radical (unpaired) electrons. The smallest absolute Gasteiger partial charge is 0.106 e. The van der Waals surface area contributed by atoms with Crippen molar-refractivity contribution in [3.8, 4) is 0 Å². The molecular weight excluding hydrogens is 180 g/mol. The van der Waals surface area contributed by atoms with Crippen molar-refractivity contribution in [2.24, 2.45) is 5.92 Å². The van der Waals surface area contributed by atoms with Gasteiger partial charge in [0.1, 0.15) is 5.01 Å². The first kappa shape index (κ1) is 9.16. The van der Waals surface area contributed by atoms with E-state index in [0.29, 0.717) is 0 Å². The molecular formula is C10H16N2S. The van der Waals surface area contributed by atoms with Crippen LogP contribution in [0.3, 0.4) is 0 Å². The molecule has 13 heavy (non-hydrogen) atoms. The zero-order valence-corrected chi connectivity index (χ0v) is 8.81. The van der Waals surface area contributed by atoms with Crippen LogP contribution in [-0.2, 0) is 6.54 Å². The normalized spacial score (nSPS) is 18.8. The van der Waals surface area contributed by atoms with Gasteiger partial charge in [0, 0.05) is 24.2 Å². The summed E-state index contributed by atoms with van der Waals surface area (Å²) in [6, 6.07) is 0.726. The van der Waals surface area contributed by atoms with Crippen LogP contribution in [-0.4, -0.2) is 11.0 Å². The predicted octanol–water partition coefficient (Wildman–Crippen LogP) is 2.42. The van der Waals surface area contributed by atoms with Gasteiger partial charge in [0.2, 0.25) is 0 Å². The Morgan fingerprint density at radius 1 is 1.69 bits per heavy atom. The van der Waals surface area contributed by atoms with Gasteiger partial charge in [-0.05, 0) is 25.2 Å². The fourth-order valence-electron chi connectivity index (χ4n) is 1.70. The van der Waals surface area contributed by atoms with Crippen molar-refractivity contribution >= 4 is 11.3 Å². The fraction of sp³-hybridized carbons (Fsp3) is 0.700. The predicted molar refractivity (Wildman–Crippen MR) is 55.8 cm³/mol. The summed E-state index contributed by atoms with van der Waals surface area (Å²) in [7, 11) is 0. The SMILES string of the molecule is CCC(NCc1nccs1)C1CC1. The summed E-state index contributed by atoms with van der Waals surface area (Å²) < 4.78 is 0. The molecule has 0 aliphatic heterocycles. The van der Waals surface area contributed by atoms with Crippen molar-refractivity contribution in [3.63, 3.8) is 0 Å². The van der Waals surface area contributed by atoms with Gasteiger partial charge >= 0.3 is 0 Å². The molecule has 1 aliphatic carbocycles. The molecule has 1 N–H and O–H groups in total. The number of nitrogens with one attached hydrogen (secondary N) is 1. The van der Waals surface area contributed by atoms with E-state index in [0.717, 1.165) is 18.5 Å². The largest absolute Gasteiger partial charge is 0.307 e. The third kappa shape index (κ3) is 2.51. The van der Waals surface area contributed by atoms with Gasteiger partial charge in [-0.3, -0.25) is 0 Å². The number of nitrogens with zero attached hydrogens (tertiary/aromatic N) is 1. The van der Waals surface area contributed by atoms with E-state index in [1.165, 1.54) is 24.3 Å². The fourth-order valence-corrected chi connectivity index (χ4v) is 2.27. The average Bonchev–Trinajstić information content (AvgIpc) is 2.84. The van der Waals surface area contributed by atoms with Crippen LogP contribution in [0.15, 0.2) is 11.6 Å². The van der Waals surface area contributed by atoms with Crippen molar-refractivity contribution in [1.82, 2.24) is 10.3 Å². The van der Waals surface area contributed by atoms with Gasteiger partial charge in [-0.2, -0.15) is 0 Å². The maximum absolute atomic E-state index is 4.26. The second kappa shape index (κ2) is 4.20. The summed E-state index contributed by atoms with van der Waals surface area (Å²) in [4.78, 5) is 4.26. The Hall–Kier alpha value is -0.410. The quantitative estimate of drug-likeness (QED) is 0.782. The molecule has 0 aromatic carbocycles. The standard InChI is InChI=1S/C10H16N2S/c1-2-9(8-3-4-8)12-7-10-11-5-6-13-10/h5-6,8-9,12H,2-4,7H2,1H3. The topological polar surface area (TPSA) is 24.9 Å². The molecule has 3 heteroatoms. The maximum atomic E-state index is 4.26. The van der Waals surface area contributed by atoms with Crippen LogP contribution in [0, 0.1) is 5.92 Å². The molecule has 72 valence electrons. The lowest BCUT2D eigenvalue weighted by atomic mass is 10.1. The van der Waals surface area contributed by atoms with Gasteiger partial charge in [-0.1, -0.05) is 6.92 Å². The monoisotopic (exact) mass is 196 g/mol. The van der Waals surface area contributed by atoms with Crippen molar-refractivity contribution in [1.29, 1.82) is 0 Å². The third-order valence-electron chi connectivity index (χ3n) is 2.63. The molecule has 1 unspecified atom stereocenters. The molecule has 0 spiro atoms. The maximum Gasteiger partial charge on any atom is 0.106 e. The van der Waals surface area contributed by atoms with Gasteiger partial charge in [0.25, 0.3) is 0 Å². The molecule has 1 aromatic heterocycles. The van der Waals surface area contributed by atoms with Crippen molar-refractivity contribution in [2.45, 2.75) is 38.8 Å². The summed E-state index contributed by atoms with van der Waals surface area (Å²) in [5.74, 6) is 0.949. The Kier molecular flexibility index (Phi) is 2.96. The average molecular weight is 196 g/mol. The van der Waals surface area contributed by atoms with Gasteiger partial charge in [0.15, 0.2) is 0 Å². The molecule has 0 bridgehead atoms. The van der Waals surface area contributed by atoms with Crippen LogP contribution in [0.1, 0.15) is 31.2 Å². The van der Waals surface area contributed by atoms with Gasteiger partial charge in [-0.15, -0.1) is 11.3 Å². The minimum absolute atomic E-state index is 0.726. The van der Waals surface area contributed by atoms with Crippen molar-refractivity contribution < 1.29 is 0 Å². The van der Waals surface area contributed by atoms with Crippen molar-refractivity contribution in [2.75, 3.05) is 0 Å². The minimum atomic E-state index is 0.726. The first-order valence-electron chi connectivity index (χ1n) is 5.02. The number of hydrogen-bond donors (Lipinski definition) is 1. The Balaban J connectivity index is 1.77. The Bertz CT molecular complexity index is 241. The van der Waals surface area contributed by atoms with Crippen molar-refractivity contribution in [3.05, 3.63) is 16.6 Å². The van der Waals surface area contributed by atoms with Crippen LogP contribution in [0.4, 0.5) is 0 Å². The summed E-state index contributed by atoms with van der Waals surface area (Å²) in [6.07, 6.45) is 5.96. The second-order valence-electron chi connectivity index (χ2n) is 3.66. The van der Waals surface area contributed by atoms with E-state index in [-0.39, 0.29) is 0 Å². The highest BCUT2D eigenvalue weighted by Crippen LogP contribution is 2.33. The van der Waals surface area contributed by atoms with Crippen LogP contribution in [0.25, 0.3) is 0 Å². The first-order valence-corrected chi connectivity index (χ1v) is 5.90. The zero-order chi connectivity index (χ0) is 9.10. The van der Waals surface area contributed by atoms with Gasteiger partial charge < -0.3 is 5.32 Å². The van der Waals surface area contributed by atoms with E-state index in [4.69, 9.17) is 0 Å².